The molecule has 1 aliphatic heterocycles. The number of furan rings is 1. The van der Waals surface area contributed by atoms with Crippen LogP contribution < -0.4 is 16.0 Å². The van der Waals surface area contributed by atoms with Gasteiger partial charge in [-0.05, 0) is 55.5 Å². The first-order chi connectivity index (χ1) is 18.8. The summed E-state index contributed by atoms with van der Waals surface area (Å²) >= 11 is 1.08. The van der Waals surface area contributed by atoms with Gasteiger partial charge < -0.3 is 25.1 Å². The second-order valence-electron chi connectivity index (χ2n) is 8.30. The van der Waals surface area contributed by atoms with Crippen molar-refractivity contribution in [1.82, 2.24) is 5.32 Å². The minimum atomic E-state index is -0.876. The van der Waals surface area contributed by atoms with Crippen molar-refractivity contribution in [3.63, 3.8) is 0 Å². The topological polar surface area (TPSA) is 133 Å². The maximum Gasteiger partial charge on any atom is 0.339 e. The zero-order valence-corrected chi connectivity index (χ0v) is 21.7. The number of nitriles is 1. The Morgan fingerprint density at radius 1 is 1.10 bits per heavy atom. The molecule has 0 bridgehead atoms. The number of benzene rings is 2. The van der Waals surface area contributed by atoms with E-state index in [1.807, 2.05) is 0 Å². The summed E-state index contributed by atoms with van der Waals surface area (Å²) < 4.78 is 23.6. The molecule has 2 aromatic carbocycles. The van der Waals surface area contributed by atoms with E-state index in [-0.39, 0.29) is 34.1 Å². The predicted molar refractivity (Wildman–Crippen MR) is 144 cm³/mol. The molecule has 2 amide bonds. The molecular weight excluding hydrogens is 523 g/mol. The first kappa shape index (κ1) is 27.2. The van der Waals surface area contributed by atoms with Gasteiger partial charge in [0.25, 0.3) is 5.91 Å². The second kappa shape index (κ2) is 12.1. The van der Waals surface area contributed by atoms with Gasteiger partial charge in [-0.1, -0.05) is 23.9 Å². The van der Waals surface area contributed by atoms with Crippen LogP contribution in [0.25, 0.3) is 0 Å². The summed E-state index contributed by atoms with van der Waals surface area (Å²) in [5.74, 6) is -2.53. The standard InChI is InChI=1S/C28H23FN4O5S/c1-16-24(26(35)33-21-7-4-3-6-19(21)28(36)37-2)25(22-8-5-13-38-22)20(14-30)27(31-16)39-15-23(34)32-18-11-9-17(29)10-12-18/h3-13,25,31H,15H2,1-2H3,(H,32,34)(H,33,35). The van der Waals surface area contributed by atoms with Gasteiger partial charge in [0.05, 0.1) is 58.5 Å². The lowest BCUT2D eigenvalue weighted by Crippen LogP contribution is -2.31. The Bertz CT molecular complexity index is 1510. The van der Waals surface area contributed by atoms with Crippen molar-refractivity contribution in [2.24, 2.45) is 0 Å². The molecule has 2 heterocycles. The van der Waals surface area contributed by atoms with E-state index in [1.165, 1.54) is 43.7 Å². The number of anilines is 2. The molecule has 1 atom stereocenters. The van der Waals surface area contributed by atoms with Gasteiger partial charge in [0.15, 0.2) is 0 Å². The quantitative estimate of drug-likeness (QED) is 0.340. The maximum absolute atomic E-state index is 13.6. The number of hydrogen-bond acceptors (Lipinski definition) is 8. The maximum atomic E-state index is 13.6. The summed E-state index contributed by atoms with van der Waals surface area (Å²) in [4.78, 5) is 38.3. The van der Waals surface area contributed by atoms with Gasteiger partial charge in [-0.25, -0.2) is 9.18 Å². The van der Waals surface area contributed by atoms with Crippen LogP contribution in [0.1, 0.15) is 29.0 Å². The molecule has 0 saturated carbocycles. The van der Waals surface area contributed by atoms with E-state index in [9.17, 15) is 24.0 Å². The lowest BCUT2D eigenvalue weighted by molar-refractivity contribution is -0.114. The molecule has 11 heteroatoms. The summed E-state index contributed by atoms with van der Waals surface area (Å²) in [6.45, 7) is 1.67. The molecule has 0 spiro atoms. The number of thioether (sulfide) groups is 1. The Hall–Kier alpha value is -4.82. The third kappa shape index (κ3) is 6.19. The Balaban J connectivity index is 1.60. The van der Waals surface area contributed by atoms with Gasteiger partial charge in [-0.2, -0.15) is 5.26 Å². The number of rotatable bonds is 8. The number of methoxy groups -OCH3 is 1. The Kier molecular flexibility index (Phi) is 8.48. The molecular formula is C28H23FN4O5S. The lowest BCUT2D eigenvalue weighted by Gasteiger charge is -2.28. The number of nitrogens with one attached hydrogen (secondary N) is 3. The third-order valence-electron chi connectivity index (χ3n) is 5.78. The number of hydrogen-bond donors (Lipinski definition) is 3. The van der Waals surface area contributed by atoms with Crippen LogP contribution in [0, 0.1) is 17.1 Å². The minimum Gasteiger partial charge on any atom is -0.468 e. The van der Waals surface area contributed by atoms with Gasteiger partial charge in [0.2, 0.25) is 5.91 Å². The van der Waals surface area contributed by atoms with E-state index in [0.29, 0.717) is 22.2 Å². The number of carbonyl (C=O) groups excluding carboxylic acids is 3. The van der Waals surface area contributed by atoms with Gasteiger partial charge in [-0.3, -0.25) is 9.59 Å². The van der Waals surface area contributed by atoms with Gasteiger partial charge >= 0.3 is 5.97 Å². The summed E-state index contributed by atoms with van der Waals surface area (Å²) in [5, 5.41) is 19.0. The Morgan fingerprint density at radius 3 is 2.51 bits per heavy atom. The van der Waals surface area contributed by atoms with Crippen molar-refractivity contribution in [2.45, 2.75) is 12.8 Å². The molecule has 0 aliphatic carbocycles. The molecule has 1 aliphatic rings. The number of dihydropyridines is 1. The van der Waals surface area contributed by atoms with Crippen LogP contribution in [-0.4, -0.2) is 30.6 Å². The summed E-state index contributed by atoms with van der Waals surface area (Å²) in [5.41, 5.74) is 1.67. The summed E-state index contributed by atoms with van der Waals surface area (Å²) in [6, 6.07) is 17.2. The average Bonchev–Trinajstić information content (AvgIpc) is 3.47. The van der Waals surface area contributed by atoms with Crippen molar-refractivity contribution in [1.29, 1.82) is 5.26 Å². The fourth-order valence-corrected chi connectivity index (χ4v) is 4.90. The number of halogens is 1. The van der Waals surface area contributed by atoms with Crippen LogP contribution in [0.15, 0.2) is 93.2 Å². The number of ether oxygens (including phenoxy) is 1. The minimum absolute atomic E-state index is 0.0585. The molecule has 0 radical (unpaired) electrons. The van der Waals surface area contributed by atoms with Crippen LogP contribution in [0.2, 0.25) is 0 Å². The smallest absolute Gasteiger partial charge is 0.339 e. The highest BCUT2D eigenvalue weighted by Crippen LogP contribution is 2.41. The monoisotopic (exact) mass is 546 g/mol. The van der Waals surface area contributed by atoms with Crippen molar-refractivity contribution in [2.75, 3.05) is 23.5 Å². The zero-order chi connectivity index (χ0) is 27.9. The van der Waals surface area contributed by atoms with Crippen molar-refractivity contribution in [3.8, 4) is 6.07 Å². The Labute approximate surface area is 227 Å². The highest BCUT2D eigenvalue weighted by atomic mass is 32.2. The highest BCUT2D eigenvalue weighted by Gasteiger charge is 2.37. The van der Waals surface area contributed by atoms with Crippen molar-refractivity contribution >= 4 is 40.9 Å². The number of para-hydroxylation sites is 1. The summed E-state index contributed by atoms with van der Waals surface area (Å²) in [7, 11) is 1.24. The van der Waals surface area contributed by atoms with E-state index < -0.39 is 23.6 Å². The first-order valence-electron chi connectivity index (χ1n) is 11.6. The molecule has 198 valence electrons. The number of esters is 1. The molecule has 1 unspecified atom stereocenters. The zero-order valence-electron chi connectivity index (χ0n) is 20.9. The largest absolute Gasteiger partial charge is 0.468 e. The molecule has 9 nitrogen and oxygen atoms in total. The van der Waals surface area contributed by atoms with E-state index in [0.717, 1.165) is 11.8 Å². The fourth-order valence-electron chi connectivity index (χ4n) is 4.01. The van der Waals surface area contributed by atoms with Crippen LogP contribution in [0.4, 0.5) is 15.8 Å². The third-order valence-corrected chi connectivity index (χ3v) is 6.79. The first-order valence-corrected chi connectivity index (χ1v) is 12.6. The number of carbonyl (C=O) groups is 3. The molecule has 3 aromatic rings. The van der Waals surface area contributed by atoms with Crippen LogP contribution in [0.5, 0.6) is 0 Å². The molecule has 1 aromatic heterocycles. The molecule has 4 rings (SSSR count). The molecule has 0 saturated heterocycles. The van der Waals surface area contributed by atoms with E-state index >= 15 is 0 Å². The van der Waals surface area contributed by atoms with Crippen LogP contribution in [-0.2, 0) is 14.3 Å². The van der Waals surface area contributed by atoms with E-state index in [1.54, 1.807) is 37.3 Å². The average molecular weight is 547 g/mol. The fraction of sp³-hybridized carbons (Fsp3) is 0.143. The summed E-state index contributed by atoms with van der Waals surface area (Å²) in [6.07, 6.45) is 1.44. The highest BCUT2D eigenvalue weighted by molar-refractivity contribution is 8.03. The Morgan fingerprint density at radius 2 is 1.85 bits per heavy atom. The van der Waals surface area contributed by atoms with Gasteiger partial charge in [-0.15, -0.1) is 0 Å². The molecule has 3 N–H and O–H groups in total. The van der Waals surface area contributed by atoms with Crippen LogP contribution >= 0.6 is 11.8 Å². The molecule has 39 heavy (non-hydrogen) atoms. The normalized spacial score (nSPS) is 14.8. The number of allylic oxidation sites excluding steroid dienone is 2. The SMILES string of the molecule is COC(=O)c1ccccc1NC(=O)C1=C(C)NC(SCC(=O)Nc2ccc(F)cc2)=C(C#N)C1c1ccco1. The lowest BCUT2D eigenvalue weighted by atomic mass is 9.85. The van der Waals surface area contributed by atoms with E-state index in [4.69, 9.17) is 9.15 Å². The van der Waals surface area contributed by atoms with E-state index in [2.05, 4.69) is 22.0 Å². The van der Waals surface area contributed by atoms with Crippen LogP contribution in [0.3, 0.4) is 0 Å². The van der Waals surface area contributed by atoms with Gasteiger partial charge in [0, 0.05) is 11.4 Å². The van der Waals surface area contributed by atoms with Gasteiger partial charge in [0.1, 0.15) is 11.6 Å². The number of nitrogens with zero attached hydrogens (tertiary/aromatic N) is 1. The van der Waals surface area contributed by atoms with Crippen molar-refractivity contribution < 1.29 is 27.9 Å². The van der Waals surface area contributed by atoms with Crippen molar-refractivity contribution in [3.05, 3.63) is 106 Å². The predicted octanol–water partition coefficient (Wildman–Crippen LogP) is 4.91. The number of amides is 2. The second-order valence-corrected chi connectivity index (χ2v) is 9.29. The molecule has 0 fully saturated rings.